The molecule has 1 saturated carbocycles. The van der Waals surface area contributed by atoms with Crippen LogP contribution in [0.25, 0.3) is 11.1 Å². The molecule has 0 bridgehead atoms. The van der Waals surface area contributed by atoms with Crippen LogP contribution in [-0.2, 0) is 9.53 Å². The van der Waals surface area contributed by atoms with E-state index in [1.54, 1.807) is 19.2 Å². The average Bonchev–Trinajstić information content (AvgIpc) is 2.95. The Labute approximate surface area is 128 Å². The predicted molar refractivity (Wildman–Crippen MR) is 81.7 cm³/mol. The van der Waals surface area contributed by atoms with Crippen LogP contribution in [0.4, 0.5) is 5.69 Å². The lowest BCUT2D eigenvalue weighted by Gasteiger charge is -2.26. The smallest absolute Gasteiger partial charge is 0.309 e. The van der Waals surface area contributed by atoms with E-state index in [4.69, 9.17) is 19.6 Å². The van der Waals surface area contributed by atoms with E-state index < -0.39 is 0 Å². The molecular weight excluding hydrogens is 284 g/mol. The molecule has 1 heterocycles. The largest absolute Gasteiger partial charge is 0.495 e. The number of hydrogen-bond acceptors (Lipinski definition) is 6. The Morgan fingerprint density at radius 3 is 2.82 bits per heavy atom. The molecule has 0 saturated heterocycles. The molecule has 2 atom stereocenters. The Kier molecular flexibility index (Phi) is 3.92. The van der Waals surface area contributed by atoms with Gasteiger partial charge < -0.3 is 19.6 Å². The molecule has 2 N–H and O–H groups in total. The second-order valence-corrected chi connectivity index (χ2v) is 5.63. The summed E-state index contributed by atoms with van der Waals surface area (Å²) in [7, 11) is 2.98. The molecule has 0 aliphatic heterocycles. The molecule has 0 amide bonds. The van der Waals surface area contributed by atoms with Crippen molar-refractivity contribution >= 4 is 22.8 Å². The van der Waals surface area contributed by atoms with Crippen molar-refractivity contribution in [2.75, 3.05) is 20.0 Å². The van der Waals surface area contributed by atoms with Crippen molar-refractivity contribution in [2.24, 2.45) is 5.92 Å². The average molecular weight is 304 g/mol. The second kappa shape index (κ2) is 5.87. The highest BCUT2D eigenvalue weighted by atomic mass is 16.5. The summed E-state index contributed by atoms with van der Waals surface area (Å²) in [5.41, 5.74) is 7.70. The maximum atomic E-state index is 12.0. The molecule has 1 aliphatic rings. The predicted octanol–water partition coefficient (Wildman–Crippen LogP) is 2.87. The fraction of sp³-hybridized carbons (Fsp3) is 0.500. The molecule has 0 radical (unpaired) electrons. The van der Waals surface area contributed by atoms with Crippen LogP contribution in [0.2, 0.25) is 0 Å². The van der Waals surface area contributed by atoms with Crippen molar-refractivity contribution in [3.05, 3.63) is 18.0 Å². The maximum absolute atomic E-state index is 12.0. The summed E-state index contributed by atoms with van der Waals surface area (Å²) < 4.78 is 16.0. The van der Waals surface area contributed by atoms with E-state index in [-0.39, 0.29) is 17.8 Å². The summed E-state index contributed by atoms with van der Waals surface area (Å²) in [5.74, 6) is 0.731. The Morgan fingerprint density at radius 2 is 2.09 bits per heavy atom. The molecule has 1 aliphatic carbocycles. The zero-order valence-electron chi connectivity index (χ0n) is 12.8. The highest BCUT2D eigenvalue weighted by Crippen LogP contribution is 2.40. The molecule has 6 nitrogen and oxygen atoms in total. The molecule has 1 aromatic heterocycles. The third kappa shape index (κ3) is 2.49. The van der Waals surface area contributed by atoms with Crippen LogP contribution >= 0.6 is 0 Å². The number of rotatable bonds is 3. The highest BCUT2D eigenvalue weighted by Gasteiger charge is 2.36. The van der Waals surface area contributed by atoms with E-state index >= 15 is 0 Å². The first kappa shape index (κ1) is 14.7. The normalized spacial score (nSPS) is 21.7. The zero-order chi connectivity index (χ0) is 15.7. The van der Waals surface area contributed by atoms with Gasteiger partial charge in [0.1, 0.15) is 11.3 Å². The van der Waals surface area contributed by atoms with Gasteiger partial charge in [0, 0.05) is 18.1 Å². The summed E-state index contributed by atoms with van der Waals surface area (Å²) in [6.45, 7) is 0. The van der Waals surface area contributed by atoms with Crippen LogP contribution in [0.1, 0.15) is 37.5 Å². The van der Waals surface area contributed by atoms with Crippen molar-refractivity contribution in [3.8, 4) is 5.75 Å². The van der Waals surface area contributed by atoms with E-state index in [1.165, 1.54) is 7.11 Å². The quantitative estimate of drug-likeness (QED) is 0.693. The number of ether oxygens (including phenoxy) is 2. The third-order valence-corrected chi connectivity index (χ3v) is 4.34. The first-order valence-electron chi connectivity index (χ1n) is 7.45. The SMILES string of the molecule is COC(=O)C1CCCCC1c1nc2cc(OC)c(N)cc2o1. The standard InChI is InChI=1S/C16H20N2O4/c1-20-13-8-12-14(7-11(13)17)22-15(18-12)9-5-3-4-6-10(9)16(19)21-2/h7-10H,3-6,17H2,1-2H3. The molecular formula is C16H20N2O4. The van der Waals surface area contributed by atoms with Crippen molar-refractivity contribution in [3.63, 3.8) is 0 Å². The van der Waals surface area contributed by atoms with E-state index in [9.17, 15) is 4.79 Å². The van der Waals surface area contributed by atoms with Gasteiger partial charge in [0.15, 0.2) is 11.5 Å². The Balaban J connectivity index is 1.99. The first-order valence-corrected chi connectivity index (χ1v) is 7.45. The Hall–Kier alpha value is -2.24. The van der Waals surface area contributed by atoms with Crippen LogP contribution in [-0.4, -0.2) is 25.2 Å². The number of nitrogens with zero attached hydrogens (tertiary/aromatic N) is 1. The highest BCUT2D eigenvalue weighted by molar-refractivity contribution is 5.81. The van der Waals surface area contributed by atoms with Gasteiger partial charge in [-0.3, -0.25) is 4.79 Å². The number of carbonyl (C=O) groups is 1. The number of nitrogen functional groups attached to an aromatic ring is 1. The van der Waals surface area contributed by atoms with Crippen LogP contribution in [0.15, 0.2) is 16.5 Å². The Bertz CT molecular complexity index is 695. The van der Waals surface area contributed by atoms with Crippen LogP contribution in [0.5, 0.6) is 5.75 Å². The maximum Gasteiger partial charge on any atom is 0.309 e. The molecule has 2 unspecified atom stereocenters. The van der Waals surface area contributed by atoms with Crippen LogP contribution < -0.4 is 10.5 Å². The topological polar surface area (TPSA) is 87.6 Å². The molecule has 6 heteroatoms. The van der Waals surface area contributed by atoms with Crippen LogP contribution in [0.3, 0.4) is 0 Å². The van der Waals surface area contributed by atoms with Gasteiger partial charge in [-0.15, -0.1) is 0 Å². The van der Waals surface area contributed by atoms with Gasteiger partial charge in [-0.1, -0.05) is 12.8 Å². The van der Waals surface area contributed by atoms with Crippen molar-refractivity contribution < 1.29 is 18.7 Å². The molecule has 1 fully saturated rings. The summed E-state index contributed by atoms with van der Waals surface area (Å²) in [6.07, 6.45) is 3.76. The minimum Gasteiger partial charge on any atom is -0.495 e. The summed E-state index contributed by atoms with van der Waals surface area (Å²) >= 11 is 0. The number of benzene rings is 1. The zero-order valence-corrected chi connectivity index (χ0v) is 12.8. The van der Waals surface area contributed by atoms with Gasteiger partial charge >= 0.3 is 5.97 Å². The monoisotopic (exact) mass is 304 g/mol. The second-order valence-electron chi connectivity index (χ2n) is 5.63. The number of oxazole rings is 1. The van der Waals surface area contributed by atoms with Gasteiger partial charge in [0.25, 0.3) is 0 Å². The lowest BCUT2D eigenvalue weighted by atomic mass is 9.79. The number of esters is 1. The number of hydrogen-bond donors (Lipinski definition) is 1. The van der Waals surface area contributed by atoms with Crippen molar-refractivity contribution in [1.82, 2.24) is 4.98 Å². The number of fused-ring (bicyclic) bond motifs is 1. The third-order valence-electron chi connectivity index (χ3n) is 4.34. The molecule has 118 valence electrons. The number of methoxy groups -OCH3 is 2. The van der Waals surface area contributed by atoms with Gasteiger partial charge in [0.05, 0.1) is 25.8 Å². The lowest BCUT2D eigenvalue weighted by Crippen LogP contribution is -2.26. The fourth-order valence-corrected chi connectivity index (χ4v) is 3.18. The van der Waals surface area contributed by atoms with Gasteiger partial charge in [0.2, 0.25) is 0 Å². The first-order chi connectivity index (χ1) is 10.6. The molecule has 2 aromatic rings. The summed E-state index contributed by atoms with van der Waals surface area (Å²) in [6, 6.07) is 3.47. The van der Waals surface area contributed by atoms with E-state index in [0.717, 1.165) is 25.7 Å². The molecule has 0 spiro atoms. The lowest BCUT2D eigenvalue weighted by molar-refractivity contribution is -0.147. The molecule has 3 rings (SSSR count). The number of nitrogens with two attached hydrogens (primary N) is 1. The molecule has 22 heavy (non-hydrogen) atoms. The minimum atomic E-state index is -0.191. The van der Waals surface area contributed by atoms with Gasteiger partial charge in [-0.05, 0) is 12.8 Å². The summed E-state index contributed by atoms with van der Waals surface area (Å²) in [5, 5.41) is 0. The number of anilines is 1. The summed E-state index contributed by atoms with van der Waals surface area (Å²) in [4.78, 5) is 16.5. The van der Waals surface area contributed by atoms with Gasteiger partial charge in [-0.25, -0.2) is 4.98 Å². The fourth-order valence-electron chi connectivity index (χ4n) is 3.18. The van der Waals surface area contributed by atoms with Crippen molar-refractivity contribution in [2.45, 2.75) is 31.6 Å². The van der Waals surface area contributed by atoms with E-state index in [2.05, 4.69) is 4.98 Å². The van der Waals surface area contributed by atoms with Crippen molar-refractivity contribution in [1.29, 1.82) is 0 Å². The van der Waals surface area contributed by atoms with Gasteiger partial charge in [-0.2, -0.15) is 0 Å². The van der Waals surface area contributed by atoms with E-state index in [1.807, 2.05) is 0 Å². The van der Waals surface area contributed by atoms with E-state index in [0.29, 0.717) is 28.4 Å². The molecule has 1 aromatic carbocycles. The number of aromatic nitrogens is 1. The number of carbonyl (C=O) groups excluding carboxylic acids is 1. The minimum absolute atomic E-state index is 0.0409. The van der Waals surface area contributed by atoms with Crippen LogP contribution in [0, 0.1) is 5.92 Å². The Morgan fingerprint density at radius 1 is 1.32 bits per heavy atom.